The van der Waals surface area contributed by atoms with Gasteiger partial charge in [-0.15, -0.1) is 0 Å². The second-order valence-electron chi connectivity index (χ2n) is 17.4. The molecule has 0 rings (SSSR count). The van der Waals surface area contributed by atoms with Gasteiger partial charge in [-0.1, -0.05) is 213 Å². The van der Waals surface area contributed by atoms with Crippen molar-refractivity contribution >= 4 is 17.9 Å². The van der Waals surface area contributed by atoms with Gasteiger partial charge in [0.1, 0.15) is 13.2 Å². The van der Waals surface area contributed by atoms with E-state index in [9.17, 15) is 14.4 Å². The fourth-order valence-corrected chi connectivity index (χ4v) is 6.98. The van der Waals surface area contributed by atoms with Gasteiger partial charge in [0, 0.05) is 19.3 Å². The second-order valence-corrected chi connectivity index (χ2v) is 17.4. The van der Waals surface area contributed by atoms with E-state index in [1.165, 1.54) is 32.1 Å². The summed E-state index contributed by atoms with van der Waals surface area (Å²) in [6.07, 6.45) is 74.7. The Kier molecular flexibility index (Phi) is 51.0. The van der Waals surface area contributed by atoms with Crippen molar-refractivity contribution in [3.05, 3.63) is 122 Å². The van der Waals surface area contributed by atoms with Crippen molar-refractivity contribution in [1.29, 1.82) is 0 Å². The van der Waals surface area contributed by atoms with Crippen LogP contribution in [0, 0.1) is 0 Å². The molecular weight excluding hydrogens is 829 g/mol. The van der Waals surface area contributed by atoms with Gasteiger partial charge in [-0.25, -0.2) is 0 Å². The summed E-state index contributed by atoms with van der Waals surface area (Å²) in [5.74, 6) is -0.980. The smallest absolute Gasteiger partial charge is 0.306 e. The molecule has 0 aromatic carbocycles. The Bertz CT molecular complexity index is 1440. The average molecular weight is 927 g/mol. The minimum atomic E-state index is -0.812. The van der Waals surface area contributed by atoms with Crippen molar-refractivity contribution in [2.75, 3.05) is 13.2 Å². The minimum absolute atomic E-state index is 0.108. The average Bonchev–Trinajstić information content (AvgIpc) is 3.33. The van der Waals surface area contributed by atoms with E-state index in [4.69, 9.17) is 14.2 Å². The SMILES string of the molecule is CC/C=C\C/C=C\C/C=C\C/C=C\C/C=C\CCCCCC(=O)OCC(COC(=O)CCCCCCC/C=C\C/C=C\CC)OC(=O)CCCCCCC\C=C/C=C\C=C/CCCCCCC. The molecule has 0 aliphatic rings. The quantitative estimate of drug-likeness (QED) is 0.0199. The Morgan fingerprint density at radius 3 is 1.04 bits per heavy atom. The molecular formula is C61H98O6. The first-order valence-corrected chi connectivity index (χ1v) is 27.1. The van der Waals surface area contributed by atoms with E-state index >= 15 is 0 Å². The topological polar surface area (TPSA) is 78.9 Å². The Labute approximate surface area is 412 Å². The molecule has 0 aliphatic carbocycles. The van der Waals surface area contributed by atoms with Gasteiger partial charge >= 0.3 is 17.9 Å². The Balaban J connectivity index is 4.51. The molecule has 0 bridgehead atoms. The van der Waals surface area contributed by atoms with Crippen LogP contribution in [0.5, 0.6) is 0 Å². The number of unbranched alkanes of at least 4 members (excludes halogenated alkanes) is 18. The Morgan fingerprint density at radius 1 is 0.328 bits per heavy atom. The van der Waals surface area contributed by atoms with Crippen molar-refractivity contribution in [3.63, 3.8) is 0 Å². The lowest BCUT2D eigenvalue weighted by Crippen LogP contribution is -2.30. The van der Waals surface area contributed by atoms with Gasteiger partial charge in [0.2, 0.25) is 0 Å². The van der Waals surface area contributed by atoms with E-state index in [0.29, 0.717) is 19.3 Å². The molecule has 0 aromatic heterocycles. The second kappa shape index (κ2) is 54.4. The number of allylic oxidation sites excluding steroid dienone is 20. The molecule has 0 heterocycles. The zero-order valence-corrected chi connectivity index (χ0v) is 43.1. The summed E-state index contributed by atoms with van der Waals surface area (Å²) in [5, 5.41) is 0. The van der Waals surface area contributed by atoms with Gasteiger partial charge < -0.3 is 14.2 Å². The number of rotatable bonds is 47. The normalized spacial score (nSPS) is 13.1. The fraction of sp³-hybridized carbons (Fsp3) is 0.623. The molecule has 1 atom stereocenters. The van der Waals surface area contributed by atoms with Gasteiger partial charge in [0.05, 0.1) is 0 Å². The Hall–Kier alpha value is -4.19. The van der Waals surface area contributed by atoms with Crippen LogP contribution in [0.15, 0.2) is 122 Å². The van der Waals surface area contributed by atoms with E-state index in [-0.39, 0.29) is 31.1 Å². The molecule has 0 fully saturated rings. The van der Waals surface area contributed by atoms with Crippen LogP contribution in [0.3, 0.4) is 0 Å². The molecule has 0 aromatic rings. The van der Waals surface area contributed by atoms with Crippen molar-refractivity contribution < 1.29 is 28.6 Å². The number of hydrogen-bond acceptors (Lipinski definition) is 6. The van der Waals surface area contributed by atoms with Gasteiger partial charge in [0.25, 0.3) is 0 Å². The van der Waals surface area contributed by atoms with Crippen LogP contribution >= 0.6 is 0 Å². The van der Waals surface area contributed by atoms with E-state index < -0.39 is 6.10 Å². The summed E-state index contributed by atoms with van der Waals surface area (Å²) >= 11 is 0. The first kappa shape index (κ1) is 62.8. The summed E-state index contributed by atoms with van der Waals surface area (Å²) in [6.45, 7) is 6.33. The molecule has 0 amide bonds. The zero-order chi connectivity index (χ0) is 48.6. The molecule has 0 spiro atoms. The lowest BCUT2D eigenvalue weighted by atomic mass is 10.1. The number of carbonyl (C=O) groups excluding carboxylic acids is 3. The lowest BCUT2D eigenvalue weighted by molar-refractivity contribution is -0.167. The number of esters is 3. The van der Waals surface area contributed by atoms with Crippen molar-refractivity contribution in [2.24, 2.45) is 0 Å². The lowest BCUT2D eigenvalue weighted by Gasteiger charge is -2.18. The van der Waals surface area contributed by atoms with Gasteiger partial charge in [-0.05, 0) is 116 Å². The molecule has 6 nitrogen and oxygen atoms in total. The summed E-state index contributed by atoms with van der Waals surface area (Å²) in [4.78, 5) is 38.0. The maximum Gasteiger partial charge on any atom is 0.306 e. The van der Waals surface area contributed by atoms with E-state index in [2.05, 4.69) is 142 Å². The maximum atomic E-state index is 12.8. The highest BCUT2D eigenvalue weighted by Crippen LogP contribution is 2.13. The van der Waals surface area contributed by atoms with Crippen LogP contribution in [-0.2, 0) is 28.6 Å². The van der Waals surface area contributed by atoms with Crippen molar-refractivity contribution in [2.45, 2.75) is 232 Å². The van der Waals surface area contributed by atoms with E-state index in [0.717, 1.165) is 154 Å². The van der Waals surface area contributed by atoms with E-state index in [1.54, 1.807) is 0 Å². The molecule has 0 aliphatic heterocycles. The maximum absolute atomic E-state index is 12.8. The minimum Gasteiger partial charge on any atom is -0.462 e. The summed E-state index contributed by atoms with van der Waals surface area (Å²) in [7, 11) is 0. The van der Waals surface area contributed by atoms with Crippen LogP contribution in [-0.4, -0.2) is 37.2 Å². The first-order chi connectivity index (χ1) is 33.0. The molecule has 6 heteroatoms. The van der Waals surface area contributed by atoms with Crippen LogP contribution in [0.2, 0.25) is 0 Å². The van der Waals surface area contributed by atoms with Gasteiger partial charge in [0.15, 0.2) is 6.10 Å². The van der Waals surface area contributed by atoms with Crippen LogP contribution in [0.25, 0.3) is 0 Å². The van der Waals surface area contributed by atoms with Crippen molar-refractivity contribution in [1.82, 2.24) is 0 Å². The zero-order valence-electron chi connectivity index (χ0n) is 43.1. The van der Waals surface area contributed by atoms with E-state index in [1.807, 2.05) is 0 Å². The molecule has 0 N–H and O–H groups in total. The van der Waals surface area contributed by atoms with Crippen LogP contribution in [0.4, 0.5) is 0 Å². The summed E-state index contributed by atoms with van der Waals surface area (Å²) < 4.78 is 16.8. The number of hydrogen-bond donors (Lipinski definition) is 0. The molecule has 67 heavy (non-hydrogen) atoms. The Morgan fingerprint density at radius 2 is 0.642 bits per heavy atom. The molecule has 0 saturated carbocycles. The number of ether oxygens (including phenoxy) is 3. The highest BCUT2D eigenvalue weighted by molar-refractivity contribution is 5.71. The monoisotopic (exact) mass is 927 g/mol. The molecule has 1 unspecified atom stereocenters. The first-order valence-electron chi connectivity index (χ1n) is 27.1. The van der Waals surface area contributed by atoms with Gasteiger partial charge in [-0.2, -0.15) is 0 Å². The van der Waals surface area contributed by atoms with Crippen LogP contribution < -0.4 is 0 Å². The number of carbonyl (C=O) groups is 3. The molecule has 0 saturated heterocycles. The molecule has 0 radical (unpaired) electrons. The predicted octanol–water partition coefficient (Wildman–Crippen LogP) is 18.1. The fourth-order valence-electron chi connectivity index (χ4n) is 6.98. The largest absolute Gasteiger partial charge is 0.462 e. The third kappa shape index (κ3) is 52.6. The predicted molar refractivity (Wildman–Crippen MR) is 288 cm³/mol. The van der Waals surface area contributed by atoms with Crippen molar-refractivity contribution in [3.8, 4) is 0 Å². The standard InChI is InChI=1S/C61H98O6/c1-4-7-10-13-16-19-22-25-27-29-31-33-34-36-39-42-45-48-51-54-60(63)66-57-58(56-65-59(62)53-50-47-44-41-38-24-21-18-15-12-9-6-3)67-61(64)55-52-49-46-43-40-37-35-32-30-28-26-23-20-17-14-11-8-5-2/h7,9-10,12,16,18-19,21,23,25-28,30-33,35-36,39,58H,4-6,8,11,13-15,17,20,22,24,29,34,37-38,40-57H2,1-3H3/b10-7-,12-9-,19-16-,21-18-,26-23-,27-25-,30-28-,33-31-,35-32-,39-36-. The third-order valence-corrected chi connectivity index (χ3v) is 11.0. The molecule has 378 valence electrons. The van der Waals surface area contributed by atoms with Crippen LogP contribution in [0.1, 0.15) is 226 Å². The summed E-state index contributed by atoms with van der Waals surface area (Å²) in [6, 6.07) is 0. The summed E-state index contributed by atoms with van der Waals surface area (Å²) in [5.41, 5.74) is 0. The highest BCUT2D eigenvalue weighted by Gasteiger charge is 2.19. The van der Waals surface area contributed by atoms with Gasteiger partial charge in [-0.3, -0.25) is 14.4 Å². The third-order valence-electron chi connectivity index (χ3n) is 11.0. The highest BCUT2D eigenvalue weighted by atomic mass is 16.6.